The summed E-state index contributed by atoms with van der Waals surface area (Å²) in [5.41, 5.74) is 3.86. The summed E-state index contributed by atoms with van der Waals surface area (Å²) in [5.74, 6) is 0.677. The number of aryl methyl sites for hydroxylation is 2. The van der Waals surface area contributed by atoms with E-state index in [1.165, 1.54) is 0 Å². The normalized spacial score (nSPS) is 10.0. The van der Waals surface area contributed by atoms with Crippen LogP contribution in [-0.4, -0.2) is 0 Å². The summed E-state index contributed by atoms with van der Waals surface area (Å²) in [4.78, 5) is 0. The van der Waals surface area contributed by atoms with Crippen LogP contribution in [0.1, 0.15) is 22.3 Å². The summed E-state index contributed by atoms with van der Waals surface area (Å²) >= 11 is 6.12. The molecule has 3 heteroatoms. The highest BCUT2D eigenvalue weighted by atomic mass is 35.5. The van der Waals surface area contributed by atoms with E-state index in [2.05, 4.69) is 6.07 Å². The third-order valence-corrected chi connectivity index (χ3v) is 3.24. The molecule has 2 nitrogen and oxygen atoms in total. The predicted molar refractivity (Wildman–Crippen MR) is 76.4 cm³/mol. The zero-order chi connectivity index (χ0) is 13.8. The first-order valence-electron chi connectivity index (χ1n) is 5.99. The fraction of sp³-hybridized carbons (Fsp3) is 0.188. The van der Waals surface area contributed by atoms with E-state index in [0.717, 1.165) is 16.7 Å². The number of hydrogen-bond acceptors (Lipinski definition) is 2. The average molecular weight is 272 g/mol. The Labute approximate surface area is 118 Å². The summed E-state index contributed by atoms with van der Waals surface area (Å²) < 4.78 is 5.72. The van der Waals surface area contributed by atoms with Gasteiger partial charge >= 0.3 is 0 Å². The fourth-order valence-electron chi connectivity index (χ4n) is 1.81. The molecule has 0 fully saturated rings. The van der Waals surface area contributed by atoms with E-state index in [0.29, 0.717) is 22.9 Å². The summed E-state index contributed by atoms with van der Waals surface area (Å²) in [6.07, 6.45) is 0. The Morgan fingerprint density at radius 3 is 2.58 bits per heavy atom. The van der Waals surface area contributed by atoms with Crippen molar-refractivity contribution in [2.75, 3.05) is 0 Å². The zero-order valence-electron chi connectivity index (χ0n) is 10.9. The molecular weight excluding hydrogens is 258 g/mol. The molecule has 0 aliphatic heterocycles. The average Bonchev–Trinajstić information content (AvgIpc) is 2.39. The Hall–Kier alpha value is -1.98. The quantitative estimate of drug-likeness (QED) is 0.828. The Kier molecular flexibility index (Phi) is 4.09. The van der Waals surface area contributed by atoms with E-state index >= 15 is 0 Å². The van der Waals surface area contributed by atoms with Crippen LogP contribution in [0.4, 0.5) is 0 Å². The second-order valence-corrected chi connectivity index (χ2v) is 4.88. The third kappa shape index (κ3) is 3.27. The molecule has 0 aromatic heterocycles. The van der Waals surface area contributed by atoms with Crippen LogP contribution >= 0.6 is 11.6 Å². The monoisotopic (exact) mass is 271 g/mol. The molecule has 0 atom stereocenters. The van der Waals surface area contributed by atoms with E-state index in [1.807, 2.05) is 44.2 Å². The van der Waals surface area contributed by atoms with E-state index < -0.39 is 0 Å². The fourth-order valence-corrected chi connectivity index (χ4v) is 2.10. The molecule has 0 heterocycles. The van der Waals surface area contributed by atoms with Crippen molar-refractivity contribution in [2.45, 2.75) is 20.5 Å². The first-order chi connectivity index (χ1) is 9.10. The van der Waals surface area contributed by atoms with Crippen LogP contribution in [-0.2, 0) is 6.61 Å². The SMILES string of the molecule is Cc1ccc(OCc2ccc(C#N)cc2C)c(Cl)c1. The first kappa shape index (κ1) is 13.5. The van der Waals surface area contributed by atoms with Crippen molar-refractivity contribution in [3.8, 4) is 11.8 Å². The molecule has 0 aliphatic rings. The van der Waals surface area contributed by atoms with Gasteiger partial charge in [-0.2, -0.15) is 5.26 Å². The first-order valence-corrected chi connectivity index (χ1v) is 6.36. The van der Waals surface area contributed by atoms with Gasteiger partial charge < -0.3 is 4.74 Å². The van der Waals surface area contributed by atoms with Crippen LogP contribution in [0.25, 0.3) is 0 Å². The number of nitriles is 1. The predicted octanol–water partition coefficient (Wildman–Crippen LogP) is 4.41. The van der Waals surface area contributed by atoms with Crippen molar-refractivity contribution >= 4 is 11.6 Å². The lowest BCUT2D eigenvalue weighted by molar-refractivity contribution is 0.305. The lowest BCUT2D eigenvalue weighted by Gasteiger charge is -2.10. The van der Waals surface area contributed by atoms with Gasteiger partial charge in [-0.05, 0) is 54.8 Å². The molecule has 0 unspecified atom stereocenters. The van der Waals surface area contributed by atoms with Crippen LogP contribution in [0, 0.1) is 25.2 Å². The maximum absolute atomic E-state index is 8.82. The topological polar surface area (TPSA) is 33.0 Å². The molecule has 0 amide bonds. The molecule has 2 aromatic carbocycles. The number of ether oxygens (including phenoxy) is 1. The number of benzene rings is 2. The van der Waals surface area contributed by atoms with Crippen molar-refractivity contribution in [3.63, 3.8) is 0 Å². The van der Waals surface area contributed by atoms with Crippen LogP contribution in [0.5, 0.6) is 5.75 Å². The molecule has 2 aromatic rings. The maximum atomic E-state index is 8.82. The van der Waals surface area contributed by atoms with Gasteiger partial charge in [-0.1, -0.05) is 23.7 Å². The van der Waals surface area contributed by atoms with Gasteiger partial charge in [0.1, 0.15) is 12.4 Å². The molecule has 0 saturated heterocycles. The third-order valence-electron chi connectivity index (χ3n) is 2.94. The smallest absolute Gasteiger partial charge is 0.138 e. The maximum Gasteiger partial charge on any atom is 0.138 e. The lowest BCUT2D eigenvalue weighted by Crippen LogP contribution is -1.99. The zero-order valence-corrected chi connectivity index (χ0v) is 11.7. The second kappa shape index (κ2) is 5.77. The summed E-state index contributed by atoms with van der Waals surface area (Å²) in [5, 5.41) is 9.44. The minimum Gasteiger partial charge on any atom is -0.487 e. The van der Waals surface area contributed by atoms with Gasteiger partial charge in [0.2, 0.25) is 0 Å². The molecule has 0 aliphatic carbocycles. The molecule has 0 radical (unpaired) electrons. The molecule has 2 rings (SSSR count). The Morgan fingerprint density at radius 2 is 1.95 bits per heavy atom. The Balaban J connectivity index is 2.13. The van der Waals surface area contributed by atoms with E-state index in [-0.39, 0.29) is 0 Å². The van der Waals surface area contributed by atoms with Crippen LogP contribution in [0.15, 0.2) is 36.4 Å². The summed E-state index contributed by atoms with van der Waals surface area (Å²) in [7, 11) is 0. The molecule has 0 bridgehead atoms. The largest absolute Gasteiger partial charge is 0.487 e. The van der Waals surface area contributed by atoms with Crippen LogP contribution < -0.4 is 4.74 Å². The highest BCUT2D eigenvalue weighted by molar-refractivity contribution is 6.32. The van der Waals surface area contributed by atoms with Crippen molar-refractivity contribution in [1.29, 1.82) is 5.26 Å². The second-order valence-electron chi connectivity index (χ2n) is 4.48. The van der Waals surface area contributed by atoms with Crippen molar-refractivity contribution in [2.24, 2.45) is 0 Å². The van der Waals surface area contributed by atoms with E-state index in [1.54, 1.807) is 6.07 Å². The highest BCUT2D eigenvalue weighted by Gasteiger charge is 2.04. The molecule has 0 N–H and O–H groups in total. The van der Waals surface area contributed by atoms with Crippen molar-refractivity contribution < 1.29 is 4.74 Å². The lowest BCUT2D eigenvalue weighted by atomic mass is 10.1. The molecule has 0 spiro atoms. The van der Waals surface area contributed by atoms with Gasteiger partial charge in [0.15, 0.2) is 0 Å². The molecule has 0 saturated carbocycles. The van der Waals surface area contributed by atoms with Gasteiger partial charge in [-0.3, -0.25) is 0 Å². The minimum atomic E-state index is 0.445. The minimum absolute atomic E-state index is 0.445. The van der Waals surface area contributed by atoms with E-state index in [9.17, 15) is 0 Å². The molecular formula is C16H14ClNO. The number of halogens is 1. The molecule has 19 heavy (non-hydrogen) atoms. The highest BCUT2D eigenvalue weighted by Crippen LogP contribution is 2.26. The number of nitrogens with zero attached hydrogens (tertiary/aromatic N) is 1. The van der Waals surface area contributed by atoms with Crippen LogP contribution in [0.2, 0.25) is 5.02 Å². The van der Waals surface area contributed by atoms with Gasteiger partial charge in [-0.15, -0.1) is 0 Å². The summed E-state index contributed by atoms with van der Waals surface area (Å²) in [6, 6.07) is 13.4. The van der Waals surface area contributed by atoms with Crippen molar-refractivity contribution in [1.82, 2.24) is 0 Å². The standard InChI is InChI=1S/C16H14ClNO/c1-11-3-6-16(15(17)7-11)19-10-14-5-4-13(9-18)8-12(14)2/h3-8H,10H2,1-2H3. The van der Waals surface area contributed by atoms with Gasteiger partial charge in [0, 0.05) is 0 Å². The molecule has 96 valence electrons. The van der Waals surface area contributed by atoms with Gasteiger partial charge in [0.05, 0.1) is 16.7 Å². The number of rotatable bonds is 3. The van der Waals surface area contributed by atoms with Crippen LogP contribution in [0.3, 0.4) is 0 Å². The number of hydrogen-bond donors (Lipinski definition) is 0. The summed E-state index contributed by atoms with van der Waals surface area (Å²) in [6.45, 7) is 4.40. The Morgan fingerprint density at radius 1 is 1.16 bits per heavy atom. The van der Waals surface area contributed by atoms with Gasteiger partial charge in [0.25, 0.3) is 0 Å². The van der Waals surface area contributed by atoms with E-state index in [4.69, 9.17) is 21.6 Å². The van der Waals surface area contributed by atoms with Gasteiger partial charge in [-0.25, -0.2) is 0 Å². The van der Waals surface area contributed by atoms with Crippen molar-refractivity contribution in [3.05, 3.63) is 63.7 Å². The Bertz CT molecular complexity index is 644.